The monoisotopic (exact) mass is 763 g/mol. The highest BCUT2D eigenvalue weighted by Crippen LogP contribution is 2.44. The third kappa shape index (κ3) is 4.23. The molecule has 13 rings (SSSR count). The van der Waals surface area contributed by atoms with Gasteiger partial charge in [0.2, 0.25) is 0 Å². The Bertz CT molecular complexity index is 4050. The Morgan fingerprint density at radius 1 is 0.367 bits per heavy atom. The number of fused-ring (bicyclic) bond motifs is 15. The van der Waals surface area contributed by atoms with E-state index >= 15 is 0 Å². The van der Waals surface area contributed by atoms with Crippen LogP contribution in [-0.4, -0.2) is 13.7 Å². The number of nitrogens with zero attached hydrogens (tertiary/aromatic N) is 5. The molecule has 0 aliphatic carbocycles. The molecular weight excluding hydrogens is 735 g/mol. The fraction of sp³-hybridized carbons (Fsp3) is 0. The van der Waals surface area contributed by atoms with E-state index in [1.54, 1.807) is 0 Å². The molecule has 0 bridgehead atoms. The quantitative estimate of drug-likeness (QED) is 0.180. The van der Waals surface area contributed by atoms with E-state index in [1.807, 2.05) is 36.4 Å². The summed E-state index contributed by atoms with van der Waals surface area (Å²) < 4.78 is 13.3. The normalized spacial score (nSPS) is 12.0. The van der Waals surface area contributed by atoms with Crippen LogP contribution in [0.25, 0.3) is 115 Å². The number of hydrogen-bond acceptors (Lipinski definition) is 3. The Morgan fingerprint density at radius 3 is 1.57 bits per heavy atom. The van der Waals surface area contributed by atoms with Crippen molar-refractivity contribution >= 4 is 98.1 Å². The zero-order valence-corrected chi connectivity index (χ0v) is 31.9. The van der Waals surface area contributed by atoms with Gasteiger partial charge < -0.3 is 18.1 Å². The number of para-hydroxylation sites is 4. The van der Waals surface area contributed by atoms with Crippen molar-refractivity contribution in [2.24, 2.45) is 0 Å². The van der Waals surface area contributed by atoms with Crippen LogP contribution in [0.2, 0.25) is 0 Å². The Morgan fingerprint density at radius 2 is 0.883 bits per heavy atom. The topological polar surface area (TPSA) is 75.5 Å². The molecule has 276 valence electrons. The maximum atomic E-state index is 11.1. The van der Waals surface area contributed by atoms with Crippen LogP contribution in [0.5, 0.6) is 0 Å². The van der Waals surface area contributed by atoms with Gasteiger partial charge in [0.05, 0.1) is 61.0 Å². The van der Waals surface area contributed by atoms with Crippen LogP contribution in [0.1, 0.15) is 11.1 Å². The number of nitriles is 2. The van der Waals surface area contributed by atoms with E-state index in [9.17, 15) is 10.5 Å². The standard InChI is InChI=1S/C54H29N5O/c55-30-33-28-50(34(31-56)27-49(33)58-45-19-9-5-16-41(45)52-36-12-2-1-11-32(36)21-24-47(52)58)59-46-25-22-35(57-43-17-7-3-13-37(43)38-14-4-8-18-44(38)57)29-42(46)53-48(59)26-23-40-39-15-6-10-20-51(39)60-54(40)53/h1-29H. The van der Waals surface area contributed by atoms with E-state index in [4.69, 9.17) is 4.42 Å². The molecular formula is C54H29N5O. The van der Waals surface area contributed by atoms with Crippen molar-refractivity contribution in [2.75, 3.05) is 0 Å². The van der Waals surface area contributed by atoms with Crippen molar-refractivity contribution < 1.29 is 4.42 Å². The van der Waals surface area contributed by atoms with Gasteiger partial charge in [-0.2, -0.15) is 10.5 Å². The van der Waals surface area contributed by atoms with Crippen LogP contribution in [0.3, 0.4) is 0 Å². The van der Waals surface area contributed by atoms with Gasteiger partial charge in [0.25, 0.3) is 0 Å². The smallest absolute Gasteiger partial charge is 0.145 e. The summed E-state index contributed by atoms with van der Waals surface area (Å²) in [5.74, 6) is 0. The van der Waals surface area contributed by atoms with Gasteiger partial charge in [-0.3, -0.25) is 0 Å². The SMILES string of the molecule is N#Cc1cc(-n2c3ccc(-n4c5ccccc5c5ccccc54)cc3c3c4oc5ccccc5c4ccc32)c(C#N)cc1-n1c2ccccc2c2c3ccccc3ccc21. The first kappa shape index (κ1) is 32.5. The fourth-order valence-electron chi connectivity index (χ4n) is 10.00. The maximum Gasteiger partial charge on any atom is 0.145 e. The zero-order chi connectivity index (χ0) is 39.6. The fourth-order valence-corrected chi connectivity index (χ4v) is 10.00. The van der Waals surface area contributed by atoms with E-state index in [0.29, 0.717) is 22.5 Å². The summed E-state index contributed by atoms with van der Waals surface area (Å²) in [5.41, 5.74) is 10.8. The molecule has 0 radical (unpaired) electrons. The second-order valence-corrected chi connectivity index (χ2v) is 15.5. The van der Waals surface area contributed by atoms with Gasteiger partial charge in [-0.05, 0) is 83.6 Å². The van der Waals surface area contributed by atoms with E-state index in [1.165, 1.54) is 10.8 Å². The second kappa shape index (κ2) is 12.0. The van der Waals surface area contributed by atoms with Crippen LogP contribution in [0.4, 0.5) is 0 Å². The maximum absolute atomic E-state index is 11.1. The highest BCUT2D eigenvalue weighted by molar-refractivity contribution is 6.25. The van der Waals surface area contributed by atoms with Crippen molar-refractivity contribution in [3.8, 4) is 29.2 Å². The van der Waals surface area contributed by atoms with Crippen LogP contribution in [0, 0.1) is 22.7 Å². The molecule has 0 aliphatic rings. The van der Waals surface area contributed by atoms with Crippen LogP contribution in [-0.2, 0) is 0 Å². The summed E-state index contributed by atoms with van der Waals surface area (Å²) in [6, 6.07) is 65.8. The van der Waals surface area contributed by atoms with Gasteiger partial charge >= 0.3 is 0 Å². The molecule has 9 aromatic carbocycles. The molecule has 0 atom stereocenters. The summed E-state index contributed by atoms with van der Waals surface area (Å²) in [5, 5.41) is 32.9. The minimum atomic E-state index is 0.450. The van der Waals surface area contributed by atoms with Gasteiger partial charge in [-0.25, -0.2) is 0 Å². The molecule has 4 aromatic heterocycles. The second-order valence-electron chi connectivity index (χ2n) is 15.5. The summed E-state index contributed by atoms with van der Waals surface area (Å²) >= 11 is 0. The van der Waals surface area contributed by atoms with E-state index in [2.05, 4.69) is 165 Å². The molecule has 0 fully saturated rings. The van der Waals surface area contributed by atoms with Crippen molar-refractivity contribution in [3.63, 3.8) is 0 Å². The lowest BCUT2D eigenvalue weighted by Gasteiger charge is -2.16. The molecule has 6 nitrogen and oxygen atoms in total. The molecule has 0 amide bonds. The molecule has 0 N–H and O–H groups in total. The van der Waals surface area contributed by atoms with Crippen LogP contribution in [0.15, 0.2) is 180 Å². The Labute approximate surface area is 341 Å². The highest BCUT2D eigenvalue weighted by atomic mass is 16.3. The first-order valence-corrected chi connectivity index (χ1v) is 20.0. The van der Waals surface area contributed by atoms with E-state index < -0.39 is 0 Å². The molecule has 0 aliphatic heterocycles. The average molecular weight is 764 g/mol. The number of aromatic nitrogens is 3. The predicted molar refractivity (Wildman–Crippen MR) is 244 cm³/mol. The molecule has 6 heteroatoms. The number of rotatable bonds is 3. The molecule has 4 heterocycles. The number of hydrogen-bond donors (Lipinski definition) is 0. The van der Waals surface area contributed by atoms with Crippen molar-refractivity contribution in [2.45, 2.75) is 0 Å². The minimum Gasteiger partial charge on any atom is -0.455 e. The lowest BCUT2D eigenvalue weighted by molar-refractivity contribution is 0.673. The van der Waals surface area contributed by atoms with Crippen molar-refractivity contribution in [3.05, 3.63) is 187 Å². The molecule has 0 spiro atoms. The summed E-state index contributed by atoms with van der Waals surface area (Å²) in [6.45, 7) is 0. The Kier molecular flexibility index (Phi) is 6.48. The van der Waals surface area contributed by atoms with Crippen LogP contribution >= 0.6 is 0 Å². The van der Waals surface area contributed by atoms with Crippen molar-refractivity contribution in [1.29, 1.82) is 10.5 Å². The lowest BCUT2D eigenvalue weighted by atomic mass is 10.0. The highest BCUT2D eigenvalue weighted by Gasteiger charge is 2.24. The number of furan rings is 1. The largest absolute Gasteiger partial charge is 0.455 e. The Hall–Kier alpha value is -8.58. The Balaban J connectivity index is 1.13. The zero-order valence-electron chi connectivity index (χ0n) is 31.9. The molecule has 0 unspecified atom stereocenters. The first-order valence-electron chi connectivity index (χ1n) is 20.0. The third-order valence-electron chi connectivity index (χ3n) is 12.5. The average Bonchev–Trinajstić information content (AvgIpc) is 4.05. The third-order valence-corrected chi connectivity index (χ3v) is 12.5. The minimum absolute atomic E-state index is 0.450. The molecule has 0 saturated carbocycles. The van der Waals surface area contributed by atoms with Gasteiger partial charge in [0.15, 0.2) is 0 Å². The summed E-state index contributed by atoms with van der Waals surface area (Å²) in [7, 11) is 0. The van der Waals surface area contributed by atoms with E-state index in [-0.39, 0.29) is 0 Å². The summed E-state index contributed by atoms with van der Waals surface area (Å²) in [6.07, 6.45) is 0. The molecule has 60 heavy (non-hydrogen) atoms. The van der Waals surface area contributed by atoms with Gasteiger partial charge in [0.1, 0.15) is 23.3 Å². The van der Waals surface area contributed by atoms with Gasteiger partial charge in [-0.15, -0.1) is 0 Å². The first-order chi connectivity index (χ1) is 29.7. The van der Waals surface area contributed by atoms with E-state index in [0.717, 1.165) is 93.0 Å². The predicted octanol–water partition coefficient (Wildman–Crippen LogP) is 13.8. The molecule has 13 aromatic rings. The summed E-state index contributed by atoms with van der Waals surface area (Å²) in [4.78, 5) is 0. The van der Waals surface area contributed by atoms with Gasteiger partial charge in [0, 0.05) is 43.4 Å². The van der Waals surface area contributed by atoms with Gasteiger partial charge in [-0.1, -0.05) is 103 Å². The van der Waals surface area contributed by atoms with Crippen LogP contribution < -0.4 is 0 Å². The molecule has 0 saturated heterocycles. The number of benzene rings is 9. The lowest BCUT2D eigenvalue weighted by Crippen LogP contribution is -2.04. The van der Waals surface area contributed by atoms with Crippen molar-refractivity contribution in [1.82, 2.24) is 13.7 Å².